The molecule has 0 saturated carbocycles. The first kappa shape index (κ1) is 13.1. The highest BCUT2D eigenvalue weighted by atomic mass is 16.6. The number of carbonyl (C=O) groups is 1. The van der Waals surface area contributed by atoms with E-state index < -0.39 is 4.92 Å². The Morgan fingerprint density at radius 1 is 1.76 bits per heavy atom. The minimum atomic E-state index is -0.607. The number of hydrogen-bond acceptors (Lipinski definition) is 5. The Hall–Kier alpha value is -1.96. The SMILES string of the molecule is CC(N)CCNC(=O)Cn1ccc([N+](=O)[O-])n1. The van der Waals surface area contributed by atoms with Crippen molar-refractivity contribution in [2.45, 2.75) is 25.9 Å². The molecule has 0 saturated heterocycles. The van der Waals surface area contributed by atoms with Crippen LogP contribution in [0.3, 0.4) is 0 Å². The van der Waals surface area contributed by atoms with E-state index in [0.29, 0.717) is 13.0 Å². The summed E-state index contributed by atoms with van der Waals surface area (Å²) < 4.78 is 1.22. The van der Waals surface area contributed by atoms with E-state index in [9.17, 15) is 14.9 Å². The van der Waals surface area contributed by atoms with Crippen molar-refractivity contribution in [1.29, 1.82) is 0 Å². The van der Waals surface area contributed by atoms with Crippen LogP contribution in [0.5, 0.6) is 0 Å². The van der Waals surface area contributed by atoms with Crippen LogP contribution in [0.4, 0.5) is 5.82 Å². The highest BCUT2D eigenvalue weighted by Gasteiger charge is 2.12. The lowest BCUT2D eigenvalue weighted by Crippen LogP contribution is -2.31. The molecule has 1 unspecified atom stereocenters. The fourth-order valence-corrected chi connectivity index (χ4v) is 1.18. The standard InChI is InChI=1S/C9H15N5O3/c1-7(10)2-4-11-9(15)6-13-5-3-8(12-13)14(16)17/h3,5,7H,2,4,6,10H2,1H3,(H,11,15). The van der Waals surface area contributed by atoms with Crippen LogP contribution in [0.15, 0.2) is 12.3 Å². The van der Waals surface area contributed by atoms with E-state index >= 15 is 0 Å². The summed E-state index contributed by atoms with van der Waals surface area (Å²) in [5, 5.41) is 16.6. The number of rotatable bonds is 6. The molecule has 0 aliphatic heterocycles. The minimum Gasteiger partial charge on any atom is -0.358 e. The number of nitro groups is 1. The highest BCUT2D eigenvalue weighted by molar-refractivity contribution is 5.75. The molecule has 1 rings (SSSR count). The lowest BCUT2D eigenvalue weighted by molar-refractivity contribution is -0.389. The van der Waals surface area contributed by atoms with Gasteiger partial charge in [-0.25, -0.2) is 0 Å². The van der Waals surface area contributed by atoms with Crippen molar-refractivity contribution in [3.8, 4) is 0 Å². The molecule has 0 radical (unpaired) electrons. The summed E-state index contributed by atoms with van der Waals surface area (Å²) in [6, 6.07) is 1.27. The monoisotopic (exact) mass is 241 g/mol. The smallest absolute Gasteiger partial charge is 0.358 e. The third-order valence-electron chi connectivity index (χ3n) is 2.04. The van der Waals surface area contributed by atoms with Crippen LogP contribution in [0.1, 0.15) is 13.3 Å². The van der Waals surface area contributed by atoms with Crippen molar-refractivity contribution in [3.63, 3.8) is 0 Å². The number of nitrogens with two attached hydrogens (primary N) is 1. The molecule has 0 spiro atoms. The zero-order valence-corrected chi connectivity index (χ0v) is 9.50. The molecule has 8 heteroatoms. The summed E-state index contributed by atoms with van der Waals surface area (Å²) in [7, 11) is 0. The Morgan fingerprint density at radius 2 is 2.47 bits per heavy atom. The molecule has 0 bridgehead atoms. The molecule has 1 aromatic heterocycles. The van der Waals surface area contributed by atoms with Crippen molar-refractivity contribution in [1.82, 2.24) is 15.1 Å². The number of nitrogens with one attached hydrogen (secondary N) is 1. The summed E-state index contributed by atoms with van der Waals surface area (Å²) in [5.74, 6) is -0.517. The number of hydrogen-bond donors (Lipinski definition) is 2. The maximum Gasteiger partial charge on any atom is 0.389 e. The molecule has 1 atom stereocenters. The van der Waals surface area contributed by atoms with Gasteiger partial charge in [-0.15, -0.1) is 0 Å². The second-order valence-corrected chi connectivity index (χ2v) is 3.74. The minimum absolute atomic E-state index is 0.0288. The third-order valence-corrected chi connectivity index (χ3v) is 2.04. The Morgan fingerprint density at radius 3 is 3.00 bits per heavy atom. The van der Waals surface area contributed by atoms with Gasteiger partial charge < -0.3 is 21.2 Å². The van der Waals surface area contributed by atoms with Crippen LogP contribution in [0.2, 0.25) is 0 Å². The van der Waals surface area contributed by atoms with Crippen LogP contribution >= 0.6 is 0 Å². The molecule has 94 valence electrons. The molecule has 1 aromatic rings. The quantitative estimate of drug-likeness (QED) is 0.521. The van der Waals surface area contributed by atoms with Crippen molar-refractivity contribution in [3.05, 3.63) is 22.4 Å². The fourth-order valence-electron chi connectivity index (χ4n) is 1.18. The maximum atomic E-state index is 11.4. The Balaban J connectivity index is 2.37. The predicted octanol–water partition coefficient (Wildman–Crippen LogP) is -0.355. The molecule has 3 N–H and O–H groups in total. The second kappa shape index (κ2) is 5.94. The van der Waals surface area contributed by atoms with Gasteiger partial charge in [0.15, 0.2) is 0 Å². The van der Waals surface area contributed by atoms with Crippen molar-refractivity contribution < 1.29 is 9.72 Å². The number of aromatic nitrogens is 2. The topological polar surface area (TPSA) is 116 Å². The van der Waals surface area contributed by atoms with E-state index in [1.165, 1.54) is 16.9 Å². The Bertz CT molecular complexity index is 401. The summed E-state index contributed by atoms with van der Waals surface area (Å²) in [6.45, 7) is 2.30. The molecule has 17 heavy (non-hydrogen) atoms. The van der Waals surface area contributed by atoms with E-state index in [4.69, 9.17) is 5.73 Å². The van der Waals surface area contributed by atoms with Gasteiger partial charge in [-0.3, -0.25) is 4.79 Å². The number of nitrogens with zero attached hydrogens (tertiary/aromatic N) is 3. The van der Waals surface area contributed by atoms with Gasteiger partial charge in [0.2, 0.25) is 5.91 Å². The average Bonchev–Trinajstić information content (AvgIpc) is 2.65. The molecular weight excluding hydrogens is 226 g/mol. The Labute approximate surface area is 97.9 Å². The van der Waals surface area contributed by atoms with E-state index in [1.807, 2.05) is 6.92 Å². The van der Waals surface area contributed by atoms with Crippen LogP contribution in [-0.2, 0) is 11.3 Å². The summed E-state index contributed by atoms with van der Waals surface area (Å²) in [5.41, 5.74) is 5.52. The van der Waals surface area contributed by atoms with Gasteiger partial charge in [-0.05, 0) is 18.3 Å². The Kier molecular flexibility index (Phi) is 4.58. The van der Waals surface area contributed by atoms with E-state index in [2.05, 4.69) is 10.4 Å². The van der Waals surface area contributed by atoms with Gasteiger partial charge in [0, 0.05) is 12.6 Å². The zero-order valence-electron chi connectivity index (χ0n) is 9.50. The first-order chi connectivity index (χ1) is 7.99. The maximum absolute atomic E-state index is 11.4. The zero-order chi connectivity index (χ0) is 12.8. The molecule has 1 heterocycles. The second-order valence-electron chi connectivity index (χ2n) is 3.74. The first-order valence-corrected chi connectivity index (χ1v) is 5.19. The lowest BCUT2D eigenvalue weighted by Gasteiger charge is -2.05. The van der Waals surface area contributed by atoms with Gasteiger partial charge in [-0.2, -0.15) is 4.68 Å². The highest BCUT2D eigenvalue weighted by Crippen LogP contribution is 2.04. The predicted molar refractivity (Wildman–Crippen MR) is 60.2 cm³/mol. The first-order valence-electron chi connectivity index (χ1n) is 5.19. The lowest BCUT2D eigenvalue weighted by atomic mass is 10.2. The molecule has 0 aliphatic carbocycles. The average molecular weight is 241 g/mol. The van der Waals surface area contributed by atoms with Gasteiger partial charge in [0.1, 0.15) is 6.54 Å². The van der Waals surface area contributed by atoms with Crippen LogP contribution in [-0.4, -0.2) is 33.2 Å². The van der Waals surface area contributed by atoms with Crippen LogP contribution in [0.25, 0.3) is 0 Å². The van der Waals surface area contributed by atoms with Gasteiger partial charge >= 0.3 is 5.82 Å². The van der Waals surface area contributed by atoms with Gasteiger partial charge in [0.05, 0.1) is 17.4 Å². The summed E-state index contributed by atoms with van der Waals surface area (Å²) in [4.78, 5) is 21.1. The third kappa shape index (κ3) is 4.60. The summed E-state index contributed by atoms with van der Waals surface area (Å²) in [6.07, 6.45) is 2.08. The number of amides is 1. The normalized spacial score (nSPS) is 12.1. The summed E-state index contributed by atoms with van der Waals surface area (Å²) >= 11 is 0. The van der Waals surface area contributed by atoms with E-state index in [0.717, 1.165) is 0 Å². The molecule has 1 amide bonds. The van der Waals surface area contributed by atoms with Gasteiger partial charge in [-0.1, -0.05) is 0 Å². The van der Waals surface area contributed by atoms with Crippen molar-refractivity contribution in [2.24, 2.45) is 5.73 Å². The number of carbonyl (C=O) groups excluding carboxylic acids is 1. The molecule has 0 aliphatic rings. The fraction of sp³-hybridized carbons (Fsp3) is 0.556. The van der Waals surface area contributed by atoms with E-state index in [-0.39, 0.29) is 24.3 Å². The molecule has 0 aromatic carbocycles. The molecule has 8 nitrogen and oxygen atoms in total. The van der Waals surface area contributed by atoms with Crippen molar-refractivity contribution in [2.75, 3.05) is 6.54 Å². The van der Waals surface area contributed by atoms with E-state index in [1.54, 1.807) is 0 Å². The van der Waals surface area contributed by atoms with Crippen LogP contribution < -0.4 is 11.1 Å². The van der Waals surface area contributed by atoms with Gasteiger partial charge in [0.25, 0.3) is 0 Å². The largest absolute Gasteiger partial charge is 0.389 e. The molecule has 0 fully saturated rings. The van der Waals surface area contributed by atoms with Crippen LogP contribution in [0, 0.1) is 10.1 Å². The molecular formula is C9H15N5O3. The van der Waals surface area contributed by atoms with Crippen molar-refractivity contribution >= 4 is 11.7 Å².